The van der Waals surface area contributed by atoms with E-state index in [2.05, 4.69) is 0 Å². The van der Waals surface area contributed by atoms with Crippen LogP contribution in [0.1, 0.15) is 49.0 Å². The number of carbonyl (C=O) groups excluding carboxylic acids is 2. The minimum atomic E-state index is -0.405. The molecule has 0 N–H and O–H groups in total. The van der Waals surface area contributed by atoms with Crippen LogP contribution in [-0.4, -0.2) is 23.9 Å². The molecule has 0 bridgehead atoms. The van der Waals surface area contributed by atoms with Gasteiger partial charge in [0.05, 0.1) is 19.2 Å². The molecule has 0 radical (unpaired) electrons. The first-order valence-corrected chi connectivity index (χ1v) is 7.81. The highest BCUT2D eigenvalue weighted by molar-refractivity contribution is 5.90. The maximum Gasteiger partial charge on any atom is 0.337 e. The standard InChI is InChI=1S/C18H21NO4/c1-12-10-19(17(21)18(2)7-4-8-18)11-14-6-5-13(16(20)22-3)9-15(14)23-12/h5-6,9-10H,4,7-8,11H2,1-3H3. The zero-order valence-electron chi connectivity index (χ0n) is 13.7. The van der Waals surface area contributed by atoms with Crippen LogP contribution in [0.4, 0.5) is 0 Å². The lowest BCUT2D eigenvalue weighted by Crippen LogP contribution is -2.43. The molecule has 1 saturated carbocycles. The largest absolute Gasteiger partial charge is 0.465 e. The molecule has 0 aromatic heterocycles. The van der Waals surface area contributed by atoms with Crippen LogP contribution >= 0.6 is 0 Å². The summed E-state index contributed by atoms with van der Waals surface area (Å²) in [5.74, 6) is 0.950. The molecule has 1 amide bonds. The normalized spacial score (nSPS) is 18.7. The second kappa shape index (κ2) is 5.72. The molecular weight excluding hydrogens is 294 g/mol. The van der Waals surface area contributed by atoms with Crippen molar-refractivity contribution in [2.75, 3.05) is 7.11 Å². The minimum absolute atomic E-state index is 0.136. The number of fused-ring (bicyclic) bond motifs is 1. The van der Waals surface area contributed by atoms with Gasteiger partial charge in [0, 0.05) is 17.2 Å². The molecule has 1 fully saturated rings. The molecule has 2 aliphatic rings. The molecule has 3 rings (SSSR count). The predicted molar refractivity (Wildman–Crippen MR) is 84.7 cm³/mol. The quantitative estimate of drug-likeness (QED) is 0.786. The summed E-state index contributed by atoms with van der Waals surface area (Å²) >= 11 is 0. The molecule has 1 aliphatic heterocycles. The number of rotatable bonds is 2. The van der Waals surface area contributed by atoms with Gasteiger partial charge in [-0.2, -0.15) is 0 Å². The van der Waals surface area contributed by atoms with E-state index in [4.69, 9.17) is 9.47 Å². The average molecular weight is 315 g/mol. The van der Waals surface area contributed by atoms with Gasteiger partial charge in [-0.05, 0) is 31.9 Å². The van der Waals surface area contributed by atoms with Crippen molar-refractivity contribution in [2.24, 2.45) is 5.41 Å². The molecule has 1 aromatic rings. The number of esters is 1. The fourth-order valence-electron chi connectivity index (χ4n) is 3.07. The van der Waals surface area contributed by atoms with Crippen molar-refractivity contribution >= 4 is 11.9 Å². The minimum Gasteiger partial charge on any atom is -0.465 e. The highest BCUT2D eigenvalue weighted by Gasteiger charge is 2.42. The highest BCUT2D eigenvalue weighted by atomic mass is 16.5. The van der Waals surface area contributed by atoms with Crippen molar-refractivity contribution in [2.45, 2.75) is 39.7 Å². The number of hydrogen-bond acceptors (Lipinski definition) is 4. The fraction of sp³-hybridized carbons (Fsp3) is 0.444. The van der Waals surface area contributed by atoms with Crippen LogP contribution in [0.2, 0.25) is 0 Å². The molecule has 0 spiro atoms. The second-order valence-electron chi connectivity index (χ2n) is 6.50. The van der Waals surface area contributed by atoms with Gasteiger partial charge < -0.3 is 14.4 Å². The van der Waals surface area contributed by atoms with E-state index in [0.29, 0.717) is 23.6 Å². The van der Waals surface area contributed by atoms with Crippen molar-refractivity contribution < 1.29 is 19.1 Å². The van der Waals surface area contributed by atoms with Crippen molar-refractivity contribution in [1.29, 1.82) is 0 Å². The Morgan fingerprint density at radius 1 is 1.30 bits per heavy atom. The molecule has 1 heterocycles. The van der Waals surface area contributed by atoms with Crippen LogP contribution in [0, 0.1) is 5.41 Å². The van der Waals surface area contributed by atoms with Gasteiger partial charge >= 0.3 is 5.97 Å². The number of amides is 1. The Labute approximate surface area is 135 Å². The number of hydrogen-bond donors (Lipinski definition) is 0. The Bertz CT molecular complexity index is 688. The molecule has 122 valence electrons. The van der Waals surface area contributed by atoms with Gasteiger partial charge in [-0.25, -0.2) is 4.79 Å². The van der Waals surface area contributed by atoms with E-state index in [1.165, 1.54) is 7.11 Å². The number of ether oxygens (including phenoxy) is 2. The summed E-state index contributed by atoms with van der Waals surface area (Å²) in [6.45, 7) is 4.28. The van der Waals surface area contributed by atoms with Gasteiger partial charge in [0.25, 0.3) is 0 Å². The lowest BCUT2D eigenvalue weighted by Gasteiger charge is -2.39. The van der Waals surface area contributed by atoms with E-state index in [1.54, 1.807) is 23.2 Å². The SMILES string of the molecule is COC(=O)c1ccc2c(c1)OC(C)=CN(C(=O)C1(C)CCC1)C2. The summed E-state index contributed by atoms with van der Waals surface area (Å²) in [5.41, 5.74) is 1.06. The molecule has 5 heteroatoms. The first kappa shape index (κ1) is 15.6. The van der Waals surface area contributed by atoms with Gasteiger partial charge in [-0.15, -0.1) is 0 Å². The fourth-order valence-corrected chi connectivity index (χ4v) is 3.07. The van der Waals surface area contributed by atoms with Crippen LogP contribution in [0.3, 0.4) is 0 Å². The van der Waals surface area contributed by atoms with Crippen molar-refractivity contribution in [3.63, 3.8) is 0 Å². The molecule has 0 saturated heterocycles. The van der Waals surface area contributed by atoms with Crippen molar-refractivity contribution in [3.8, 4) is 5.75 Å². The number of methoxy groups -OCH3 is 1. The maximum atomic E-state index is 12.8. The Balaban J connectivity index is 1.90. The van der Waals surface area contributed by atoms with E-state index in [1.807, 2.05) is 19.9 Å². The van der Waals surface area contributed by atoms with Crippen LogP contribution in [0.15, 0.2) is 30.2 Å². The summed E-state index contributed by atoms with van der Waals surface area (Å²) in [7, 11) is 1.35. The number of benzene rings is 1. The van der Waals surface area contributed by atoms with E-state index in [9.17, 15) is 9.59 Å². The van der Waals surface area contributed by atoms with E-state index in [0.717, 1.165) is 24.8 Å². The van der Waals surface area contributed by atoms with Gasteiger partial charge in [0.15, 0.2) is 0 Å². The smallest absolute Gasteiger partial charge is 0.337 e. The third-order valence-corrected chi connectivity index (χ3v) is 4.67. The van der Waals surface area contributed by atoms with E-state index < -0.39 is 5.97 Å². The number of allylic oxidation sites excluding steroid dienone is 1. The first-order valence-electron chi connectivity index (χ1n) is 7.81. The topological polar surface area (TPSA) is 55.8 Å². The maximum absolute atomic E-state index is 12.8. The first-order chi connectivity index (χ1) is 10.9. The van der Waals surface area contributed by atoms with Crippen LogP contribution in [-0.2, 0) is 16.1 Å². The molecule has 0 atom stereocenters. The Morgan fingerprint density at radius 3 is 2.65 bits per heavy atom. The molecule has 1 aromatic carbocycles. The summed E-state index contributed by atoms with van der Waals surface area (Å²) < 4.78 is 10.5. The van der Waals surface area contributed by atoms with Gasteiger partial charge in [-0.1, -0.05) is 19.4 Å². The number of nitrogens with zero attached hydrogens (tertiary/aromatic N) is 1. The van der Waals surface area contributed by atoms with Crippen molar-refractivity contribution in [1.82, 2.24) is 4.90 Å². The summed E-state index contributed by atoms with van der Waals surface area (Å²) in [6, 6.07) is 5.18. The van der Waals surface area contributed by atoms with Crippen LogP contribution in [0.25, 0.3) is 0 Å². The molecule has 5 nitrogen and oxygen atoms in total. The third kappa shape index (κ3) is 2.83. The number of carbonyl (C=O) groups is 2. The van der Waals surface area contributed by atoms with Crippen LogP contribution in [0.5, 0.6) is 5.75 Å². The molecule has 0 unspecified atom stereocenters. The Morgan fingerprint density at radius 2 is 2.04 bits per heavy atom. The highest BCUT2D eigenvalue weighted by Crippen LogP contribution is 2.43. The van der Waals surface area contributed by atoms with Crippen molar-refractivity contribution in [3.05, 3.63) is 41.3 Å². The summed E-state index contributed by atoms with van der Waals surface area (Å²) in [5, 5.41) is 0. The zero-order chi connectivity index (χ0) is 16.6. The predicted octanol–water partition coefficient (Wildman–Crippen LogP) is 3.25. The Hall–Kier alpha value is -2.30. The summed E-state index contributed by atoms with van der Waals surface area (Å²) in [4.78, 5) is 26.2. The molecule has 23 heavy (non-hydrogen) atoms. The lowest BCUT2D eigenvalue weighted by molar-refractivity contribution is -0.143. The van der Waals surface area contributed by atoms with E-state index >= 15 is 0 Å². The second-order valence-corrected chi connectivity index (χ2v) is 6.50. The summed E-state index contributed by atoms with van der Waals surface area (Å²) in [6.07, 6.45) is 4.73. The van der Waals surface area contributed by atoms with E-state index in [-0.39, 0.29) is 11.3 Å². The van der Waals surface area contributed by atoms with Gasteiger partial charge in [0.1, 0.15) is 11.5 Å². The lowest BCUT2D eigenvalue weighted by atomic mass is 9.69. The zero-order valence-corrected chi connectivity index (χ0v) is 13.7. The van der Waals surface area contributed by atoms with Crippen LogP contribution < -0.4 is 4.74 Å². The van der Waals surface area contributed by atoms with Gasteiger partial charge in [-0.3, -0.25) is 4.79 Å². The Kier molecular flexibility index (Phi) is 3.88. The molecule has 1 aliphatic carbocycles. The average Bonchev–Trinajstić information content (AvgIpc) is 2.68. The monoisotopic (exact) mass is 315 g/mol. The molecular formula is C18H21NO4. The van der Waals surface area contributed by atoms with Gasteiger partial charge in [0.2, 0.25) is 5.91 Å². The third-order valence-electron chi connectivity index (χ3n) is 4.67.